The van der Waals surface area contributed by atoms with Gasteiger partial charge < -0.3 is 20.5 Å². The first-order chi connectivity index (χ1) is 17.1. The van der Waals surface area contributed by atoms with Crippen LogP contribution in [0.15, 0.2) is 48.5 Å². The van der Waals surface area contributed by atoms with E-state index in [0.717, 1.165) is 30.4 Å². The first-order valence-corrected chi connectivity index (χ1v) is 12.8. The van der Waals surface area contributed by atoms with Crippen molar-refractivity contribution in [1.29, 1.82) is 5.41 Å². The van der Waals surface area contributed by atoms with Crippen LogP contribution in [0.3, 0.4) is 0 Å². The van der Waals surface area contributed by atoms with E-state index in [1.807, 2.05) is 48.5 Å². The number of hydrogen-bond acceptors (Lipinski definition) is 5. The van der Waals surface area contributed by atoms with Crippen molar-refractivity contribution in [3.63, 3.8) is 0 Å². The Balaban J connectivity index is 1.24. The summed E-state index contributed by atoms with van der Waals surface area (Å²) in [4.78, 5) is 25.0. The SMILES string of the molecule is CC1CC(OC(=O)C[C@@H]2C[C@@H](COc3ccc(-c4ccc(C(=N)N)cc4)cc3)NC2=O)CC(C)(C)C1. The van der Waals surface area contributed by atoms with E-state index in [1.165, 1.54) is 0 Å². The fourth-order valence-corrected chi connectivity index (χ4v) is 5.68. The van der Waals surface area contributed by atoms with Gasteiger partial charge in [0.1, 0.15) is 24.3 Å². The number of benzene rings is 2. The predicted octanol–water partition coefficient (Wildman–Crippen LogP) is 4.67. The number of carbonyl (C=O) groups is 2. The maximum atomic E-state index is 12.6. The molecule has 4 N–H and O–H groups in total. The van der Waals surface area contributed by atoms with Crippen LogP contribution >= 0.6 is 0 Å². The number of rotatable bonds is 8. The van der Waals surface area contributed by atoms with Crippen LogP contribution in [0.2, 0.25) is 0 Å². The monoisotopic (exact) mass is 491 g/mol. The molecule has 1 aliphatic heterocycles. The predicted molar refractivity (Wildman–Crippen MR) is 140 cm³/mol. The van der Waals surface area contributed by atoms with Crippen LogP contribution in [-0.2, 0) is 14.3 Å². The second kappa shape index (κ2) is 10.7. The van der Waals surface area contributed by atoms with E-state index in [-0.39, 0.29) is 47.6 Å². The molecule has 0 spiro atoms. The number of nitrogens with two attached hydrogens (primary N) is 1. The number of nitrogens with one attached hydrogen (secondary N) is 2. The molecule has 0 bridgehead atoms. The highest BCUT2D eigenvalue weighted by Crippen LogP contribution is 2.40. The van der Waals surface area contributed by atoms with Crippen LogP contribution in [0, 0.1) is 22.7 Å². The summed E-state index contributed by atoms with van der Waals surface area (Å²) < 4.78 is 11.7. The summed E-state index contributed by atoms with van der Waals surface area (Å²) in [5.74, 6) is 0.530. The number of amides is 1. The number of amidine groups is 1. The molecule has 1 heterocycles. The Morgan fingerprint density at radius 1 is 1.06 bits per heavy atom. The van der Waals surface area contributed by atoms with E-state index < -0.39 is 0 Å². The number of ether oxygens (including phenoxy) is 2. The Bertz CT molecular complexity index is 1090. The first kappa shape index (κ1) is 25.7. The van der Waals surface area contributed by atoms with Crippen LogP contribution < -0.4 is 15.8 Å². The molecular weight excluding hydrogens is 454 g/mol. The van der Waals surface area contributed by atoms with Gasteiger partial charge in [0.2, 0.25) is 5.91 Å². The highest BCUT2D eigenvalue weighted by atomic mass is 16.5. The molecule has 4 rings (SSSR count). The minimum absolute atomic E-state index is 0.0475. The molecule has 1 amide bonds. The second-order valence-corrected chi connectivity index (χ2v) is 11.2. The molecule has 0 radical (unpaired) electrons. The highest BCUT2D eigenvalue weighted by Gasteiger charge is 2.37. The van der Waals surface area contributed by atoms with E-state index in [9.17, 15) is 9.59 Å². The van der Waals surface area contributed by atoms with Gasteiger partial charge >= 0.3 is 5.97 Å². The van der Waals surface area contributed by atoms with Crippen LogP contribution in [0.25, 0.3) is 11.1 Å². The van der Waals surface area contributed by atoms with Crippen molar-refractivity contribution in [2.24, 2.45) is 23.0 Å². The summed E-state index contributed by atoms with van der Waals surface area (Å²) in [6.07, 6.45) is 3.52. The van der Waals surface area contributed by atoms with E-state index in [0.29, 0.717) is 30.3 Å². The lowest BCUT2D eigenvalue weighted by Gasteiger charge is -2.38. The Morgan fingerprint density at radius 3 is 2.31 bits per heavy atom. The number of nitrogen functional groups attached to an aromatic ring is 1. The molecular formula is C29H37N3O4. The van der Waals surface area contributed by atoms with Gasteiger partial charge in [-0.05, 0) is 60.3 Å². The quantitative estimate of drug-likeness (QED) is 0.282. The first-order valence-electron chi connectivity index (χ1n) is 12.8. The molecule has 192 valence electrons. The molecule has 7 heteroatoms. The molecule has 4 atom stereocenters. The van der Waals surface area contributed by atoms with Gasteiger partial charge in [0.15, 0.2) is 0 Å². The van der Waals surface area contributed by atoms with E-state index in [2.05, 4.69) is 26.1 Å². The van der Waals surface area contributed by atoms with Crippen molar-refractivity contribution in [2.45, 2.75) is 65.0 Å². The van der Waals surface area contributed by atoms with Gasteiger partial charge in [-0.1, -0.05) is 57.2 Å². The molecule has 36 heavy (non-hydrogen) atoms. The van der Waals surface area contributed by atoms with Gasteiger partial charge in [-0.2, -0.15) is 0 Å². The molecule has 2 aromatic rings. The Hall–Kier alpha value is -3.35. The molecule has 2 aliphatic rings. The summed E-state index contributed by atoms with van der Waals surface area (Å²) in [7, 11) is 0. The zero-order valence-corrected chi connectivity index (χ0v) is 21.4. The van der Waals surface area contributed by atoms with Crippen molar-refractivity contribution in [3.8, 4) is 16.9 Å². The van der Waals surface area contributed by atoms with Crippen molar-refractivity contribution < 1.29 is 19.1 Å². The number of hydrogen-bond donors (Lipinski definition) is 3. The third kappa shape index (κ3) is 6.65. The van der Waals surface area contributed by atoms with Gasteiger partial charge in [0.25, 0.3) is 0 Å². The van der Waals surface area contributed by atoms with Crippen LogP contribution in [0.4, 0.5) is 0 Å². The van der Waals surface area contributed by atoms with Gasteiger partial charge in [-0.15, -0.1) is 0 Å². The van der Waals surface area contributed by atoms with Crippen LogP contribution in [-0.4, -0.2) is 36.5 Å². The maximum Gasteiger partial charge on any atom is 0.306 e. The highest BCUT2D eigenvalue weighted by molar-refractivity contribution is 5.95. The Morgan fingerprint density at radius 2 is 1.69 bits per heavy atom. The van der Waals surface area contributed by atoms with Crippen LogP contribution in [0.1, 0.15) is 58.4 Å². The summed E-state index contributed by atoms with van der Waals surface area (Å²) in [5, 5.41) is 10.5. The lowest BCUT2D eigenvalue weighted by Crippen LogP contribution is -2.34. The molecule has 1 saturated carbocycles. The van der Waals surface area contributed by atoms with Gasteiger partial charge in [0, 0.05) is 5.56 Å². The van der Waals surface area contributed by atoms with E-state index >= 15 is 0 Å². The molecule has 7 nitrogen and oxygen atoms in total. The fraction of sp³-hybridized carbons (Fsp3) is 0.483. The molecule has 1 aliphatic carbocycles. The summed E-state index contributed by atoms with van der Waals surface area (Å²) >= 11 is 0. The van der Waals surface area contributed by atoms with E-state index in [1.54, 1.807) is 0 Å². The Labute approximate surface area is 213 Å². The number of carbonyl (C=O) groups excluding carboxylic acids is 2. The van der Waals surface area contributed by atoms with Crippen molar-refractivity contribution in [1.82, 2.24) is 5.32 Å². The topological polar surface area (TPSA) is 114 Å². The van der Waals surface area contributed by atoms with Gasteiger partial charge in [0.05, 0.1) is 18.4 Å². The second-order valence-electron chi connectivity index (χ2n) is 11.2. The molecule has 2 fully saturated rings. The average molecular weight is 492 g/mol. The summed E-state index contributed by atoms with van der Waals surface area (Å²) in [6.45, 7) is 6.99. The van der Waals surface area contributed by atoms with Crippen LogP contribution in [0.5, 0.6) is 5.75 Å². The van der Waals surface area contributed by atoms with E-state index in [4.69, 9.17) is 20.6 Å². The third-order valence-corrected chi connectivity index (χ3v) is 7.18. The van der Waals surface area contributed by atoms with Gasteiger partial charge in [-0.25, -0.2) is 0 Å². The summed E-state index contributed by atoms with van der Waals surface area (Å²) in [5.41, 5.74) is 8.44. The maximum absolute atomic E-state index is 12.6. The molecule has 1 saturated heterocycles. The normalized spacial score (nSPS) is 25.1. The minimum Gasteiger partial charge on any atom is -0.491 e. The average Bonchev–Trinajstić information content (AvgIpc) is 3.15. The van der Waals surface area contributed by atoms with Crippen molar-refractivity contribution >= 4 is 17.7 Å². The zero-order chi connectivity index (χ0) is 25.9. The number of esters is 1. The van der Waals surface area contributed by atoms with Crippen molar-refractivity contribution in [3.05, 3.63) is 54.1 Å². The molecule has 2 aromatic carbocycles. The molecule has 0 aromatic heterocycles. The third-order valence-electron chi connectivity index (χ3n) is 7.18. The summed E-state index contributed by atoms with van der Waals surface area (Å²) in [6, 6.07) is 15.1. The standard InChI is InChI=1S/C29H37N3O4/c1-18-12-25(16-29(2,3)15-18)36-26(33)14-22-13-23(32-28(22)34)17-35-24-10-8-20(9-11-24)19-4-6-21(7-5-19)27(30)31/h4-11,18,22-23,25H,12-17H2,1-3H3,(H3,30,31)(H,32,34)/t18?,22-,23-,25?/m0/s1. The lowest BCUT2D eigenvalue weighted by molar-refractivity contribution is -0.155. The Kier molecular flexibility index (Phi) is 7.67. The van der Waals surface area contributed by atoms with Gasteiger partial charge in [-0.3, -0.25) is 15.0 Å². The lowest BCUT2D eigenvalue weighted by atomic mass is 9.71. The molecule has 2 unspecified atom stereocenters. The zero-order valence-electron chi connectivity index (χ0n) is 21.4. The minimum atomic E-state index is -0.375. The smallest absolute Gasteiger partial charge is 0.306 e. The largest absolute Gasteiger partial charge is 0.491 e. The fourth-order valence-electron chi connectivity index (χ4n) is 5.68. The van der Waals surface area contributed by atoms with Crippen molar-refractivity contribution in [2.75, 3.05) is 6.61 Å².